The third-order valence-corrected chi connectivity index (χ3v) is 3.25. The van der Waals surface area contributed by atoms with Crippen molar-refractivity contribution in [2.75, 3.05) is 26.0 Å². The van der Waals surface area contributed by atoms with Crippen LogP contribution in [0.25, 0.3) is 0 Å². The Labute approximate surface area is 125 Å². The number of urea groups is 1. The van der Waals surface area contributed by atoms with Crippen LogP contribution in [0, 0.1) is 0 Å². The van der Waals surface area contributed by atoms with Crippen LogP contribution >= 0.6 is 0 Å². The van der Waals surface area contributed by atoms with E-state index in [0.29, 0.717) is 18.7 Å². The van der Waals surface area contributed by atoms with Gasteiger partial charge in [0.25, 0.3) is 0 Å². The van der Waals surface area contributed by atoms with Crippen molar-refractivity contribution in [3.8, 4) is 0 Å². The lowest BCUT2D eigenvalue weighted by atomic mass is 10.1. The zero-order chi connectivity index (χ0) is 15.8. The Bertz CT molecular complexity index is 489. The van der Waals surface area contributed by atoms with Crippen LogP contribution in [0.1, 0.15) is 18.9 Å². The topological polar surface area (TPSA) is 81.7 Å². The molecule has 2 amide bonds. The summed E-state index contributed by atoms with van der Waals surface area (Å²) in [6, 6.07) is 7.20. The molecule has 0 saturated heterocycles. The van der Waals surface area contributed by atoms with Crippen molar-refractivity contribution in [2.45, 2.75) is 25.8 Å². The van der Waals surface area contributed by atoms with Gasteiger partial charge in [0.05, 0.1) is 0 Å². The minimum atomic E-state index is -0.830. The lowest BCUT2D eigenvalue weighted by Crippen LogP contribution is -2.40. The summed E-state index contributed by atoms with van der Waals surface area (Å²) in [5.41, 5.74) is 1.55. The van der Waals surface area contributed by atoms with Gasteiger partial charge in [-0.05, 0) is 45.1 Å². The highest BCUT2D eigenvalue weighted by atomic mass is 16.4. The standard InChI is InChI=1S/C15H23N3O3/c1-11(18(2)3)10-16-15(21)17-13-6-4-5-12(9-13)7-8-14(19)20/h4-6,9,11H,7-8,10H2,1-3H3,(H,19,20)(H2,16,17,21). The van der Waals surface area contributed by atoms with E-state index in [2.05, 4.69) is 10.6 Å². The van der Waals surface area contributed by atoms with Crippen LogP contribution in [-0.4, -0.2) is 48.7 Å². The molecule has 116 valence electrons. The van der Waals surface area contributed by atoms with E-state index in [4.69, 9.17) is 5.11 Å². The smallest absolute Gasteiger partial charge is 0.319 e. The summed E-state index contributed by atoms with van der Waals surface area (Å²) in [6.45, 7) is 2.57. The maximum Gasteiger partial charge on any atom is 0.319 e. The van der Waals surface area contributed by atoms with Crippen molar-refractivity contribution in [2.24, 2.45) is 0 Å². The number of carboxylic acid groups (broad SMARTS) is 1. The van der Waals surface area contributed by atoms with Crippen LogP contribution in [0.4, 0.5) is 10.5 Å². The number of hydrogen-bond donors (Lipinski definition) is 3. The molecule has 1 aromatic rings. The lowest BCUT2D eigenvalue weighted by molar-refractivity contribution is -0.136. The molecular formula is C15H23N3O3. The van der Waals surface area contributed by atoms with Crippen LogP contribution in [0.2, 0.25) is 0 Å². The number of nitrogens with zero attached hydrogens (tertiary/aromatic N) is 1. The fraction of sp³-hybridized carbons (Fsp3) is 0.467. The third kappa shape index (κ3) is 6.76. The third-order valence-electron chi connectivity index (χ3n) is 3.25. The van der Waals surface area contributed by atoms with E-state index in [1.807, 2.05) is 32.0 Å². The molecule has 21 heavy (non-hydrogen) atoms. The van der Waals surface area contributed by atoms with Gasteiger partial charge < -0.3 is 20.6 Å². The molecule has 0 spiro atoms. The molecule has 1 aromatic carbocycles. The predicted octanol–water partition coefficient (Wildman–Crippen LogP) is 1.78. The summed E-state index contributed by atoms with van der Waals surface area (Å²) >= 11 is 0. The zero-order valence-corrected chi connectivity index (χ0v) is 12.7. The van der Waals surface area contributed by atoms with E-state index in [-0.39, 0.29) is 18.5 Å². The van der Waals surface area contributed by atoms with E-state index in [1.165, 1.54) is 0 Å². The van der Waals surface area contributed by atoms with Crippen molar-refractivity contribution < 1.29 is 14.7 Å². The van der Waals surface area contributed by atoms with Crippen molar-refractivity contribution in [3.63, 3.8) is 0 Å². The van der Waals surface area contributed by atoms with Gasteiger partial charge in [0, 0.05) is 24.7 Å². The molecule has 1 atom stereocenters. The molecule has 1 rings (SSSR count). The average Bonchev–Trinajstić information content (AvgIpc) is 2.42. The number of carboxylic acids is 1. The fourth-order valence-electron chi connectivity index (χ4n) is 1.65. The van der Waals surface area contributed by atoms with Gasteiger partial charge in [-0.25, -0.2) is 4.79 Å². The number of carbonyl (C=O) groups excluding carboxylic acids is 1. The van der Waals surface area contributed by atoms with Crippen molar-refractivity contribution in [1.82, 2.24) is 10.2 Å². The highest BCUT2D eigenvalue weighted by Gasteiger charge is 2.07. The molecule has 1 unspecified atom stereocenters. The molecule has 6 heteroatoms. The van der Waals surface area contributed by atoms with Crippen LogP contribution in [0.15, 0.2) is 24.3 Å². The number of aliphatic carboxylic acids is 1. The Kier molecular flexibility index (Phi) is 6.68. The molecule has 6 nitrogen and oxygen atoms in total. The Morgan fingerprint density at radius 2 is 2.05 bits per heavy atom. The first-order valence-corrected chi connectivity index (χ1v) is 6.90. The van der Waals surface area contributed by atoms with Crippen LogP contribution in [0.3, 0.4) is 0 Å². The van der Waals surface area contributed by atoms with E-state index in [0.717, 1.165) is 5.56 Å². The Morgan fingerprint density at radius 1 is 1.33 bits per heavy atom. The summed E-state index contributed by atoms with van der Waals surface area (Å²) < 4.78 is 0. The van der Waals surface area contributed by atoms with Gasteiger partial charge in [-0.2, -0.15) is 0 Å². The highest BCUT2D eigenvalue weighted by Crippen LogP contribution is 2.12. The van der Waals surface area contributed by atoms with Gasteiger partial charge in [-0.3, -0.25) is 4.79 Å². The molecule has 0 heterocycles. The van der Waals surface area contributed by atoms with Gasteiger partial charge in [0.2, 0.25) is 0 Å². The second kappa shape index (κ2) is 8.26. The van der Waals surface area contributed by atoms with E-state index in [1.54, 1.807) is 18.2 Å². The van der Waals surface area contributed by atoms with Gasteiger partial charge >= 0.3 is 12.0 Å². The number of aryl methyl sites for hydroxylation is 1. The highest BCUT2D eigenvalue weighted by molar-refractivity contribution is 5.89. The maximum atomic E-state index is 11.8. The van der Waals surface area contributed by atoms with Crippen molar-refractivity contribution in [3.05, 3.63) is 29.8 Å². The number of rotatable bonds is 7. The number of amides is 2. The number of benzene rings is 1. The number of hydrogen-bond acceptors (Lipinski definition) is 3. The summed E-state index contributed by atoms with van der Waals surface area (Å²) in [5, 5.41) is 14.2. The second-order valence-electron chi connectivity index (χ2n) is 5.24. The Balaban J connectivity index is 2.48. The second-order valence-corrected chi connectivity index (χ2v) is 5.24. The first kappa shape index (κ1) is 17.0. The van der Waals surface area contributed by atoms with Gasteiger partial charge in [0.15, 0.2) is 0 Å². The summed E-state index contributed by atoms with van der Waals surface area (Å²) in [6.07, 6.45) is 0.528. The molecule has 0 fully saturated rings. The normalized spacial score (nSPS) is 12.0. The van der Waals surface area contributed by atoms with Crippen LogP contribution < -0.4 is 10.6 Å². The Morgan fingerprint density at radius 3 is 2.67 bits per heavy atom. The molecule has 3 N–H and O–H groups in total. The summed E-state index contributed by atoms with van der Waals surface area (Å²) in [5.74, 6) is -0.830. The molecule has 0 aromatic heterocycles. The molecular weight excluding hydrogens is 270 g/mol. The van der Waals surface area contributed by atoms with Crippen molar-refractivity contribution in [1.29, 1.82) is 0 Å². The van der Waals surface area contributed by atoms with E-state index in [9.17, 15) is 9.59 Å². The zero-order valence-electron chi connectivity index (χ0n) is 12.7. The molecule has 0 aliphatic carbocycles. The van der Waals surface area contributed by atoms with Crippen LogP contribution in [-0.2, 0) is 11.2 Å². The van der Waals surface area contributed by atoms with Crippen LogP contribution in [0.5, 0.6) is 0 Å². The SMILES string of the molecule is CC(CNC(=O)Nc1cccc(CCC(=O)O)c1)N(C)C. The number of anilines is 1. The summed E-state index contributed by atoms with van der Waals surface area (Å²) in [4.78, 5) is 24.4. The Hall–Kier alpha value is -2.08. The van der Waals surface area contributed by atoms with Gasteiger partial charge in [-0.1, -0.05) is 12.1 Å². The predicted molar refractivity (Wildman–Crippen MR) is 82.6 cm³/mol. The molecule has 0 saturated carbocycles. The minimum Gasteiger partial charge on any atom is -0.481 e. The average molecular weight is 293 g/mol. The minimum absolute atomic E-state index is 0.0794. The van der Waals surface area contributed by atoms with Gasteiger partial charge in [0.1, 0.15) is 0 Å². The lowest BCUT2D eigenvalue weighted by Gasteiger charge is -2.20. The first-order valence-electron chi connectivity index (χ1n) is 6.90. The molecule has 0 aliphatic heterocycles. The molecule has 0 radical (unpaired) electrons. The van der Waals surface area contributed by atoms with Crippen molar-refractivity contribution >= 4 is 17.7 Å². The van der Waals surface area contributed by atoms with E-state index < -0.39 is 5.97 Å². The number of likely N-dealkylation sites (N-methyl/N-ethyl adjacent to an activating group) is 1. The maximum absolute atomic E-state index is 11.8. The monoisotopic (exact) mass is 293 g/mol. The quantitative estimate of drug-likeness (QED) is 0.715. The van der Waals surface area contributed by atoms with E-state index >= 15 is 0 Å². The largest absolute Gasteiger partial charge is 0.481 e. The van der Waals surface area contributed by atoms with Gasteiger partial charge in [-0.15, -0.1) is 0 Å². The molecule has 0 aliphatic rings. The summed E-state index contributed by atoms with van der Waals surface area (Å²) in [7, 11) is 3.91. The number of nitrogens with one attached hydrogen (secondary N) is 2. The first-order chi connectivity index (χ1) is 9.88. The molecule has 0 bridgehead atoms. The fourth-order valence-corrected chi connectivity index (χ4v) is 1.65. The number of carbonyl (C=O) groups is 2.